The van der Waals surface area contributed by atoms with E-state index in [1.165, 1.54) is 0 Å². The van der Waals surface area contributed by atoms with Gasteiger partial charge in [-0.05, 0) is 24.8 Å². The fourth-order valence-corrected chi connectivity index (χ4v) is 4.72. The molecule has 5 heteroatoms. The summed E-state index contributed by atoms with van der Waals surface area (Å²) in [5.41, 5.74) is 0.949. The minimum atomic E-state index is -0.435. The molecule has 0 spiro atoms. The number of hydrogen-bond donors (Lipinski definition) is 0. The monoisotopic (exact) mass is 358 g/mol. The molecule has 0 radical (unpaired) electrons. The molecule has 2 bridgehead atoms. The zero-order valence-electron chi connectivity index (χ0n) is 15.1. The van der Waals surface area contributed by atoms with Gasteiger partial charge >= 0.3 is 11.9 Å². The Morgan fingerprint density at radius 3 is 2.23 bits per heavy atom. The smallest absolute Gasteiger partial charge is 0.310 e. The van der Waals surface area contributed by atoms with Crippen LogP contribution in [0.15, 0.2) is 30.3 Å². The van der Waals surface area contributed by atoms with Crippen LogP contribution >= 0.6 is 0 Å². The second-order valence-corrected chi connectivity index (χ2v) is 7.64. The zero-order valence-corrected chi connectivity index (χ0v) is 15.1. The molecule has 0 aromatic heterocycles. The lowest BCUT2D eigenvalue weighted by Gasteiger charge is -2.43. The van der Waals surface area contributed by atoms with Crippen molar-refractivity contribution in [3.8, 4) is 0 Å². The average molecular weight is 358 g/mol. The predicted octanol–water partition coefficient (Wildman–Crippen LogP) is 3.11. The van der Waals surface area contributed by atoms with E-state index in [1.54, 1.807) is 0 Å². The second-order valence-electron chi connectivity index (χ2n) is 7.64. The fraction of sp³-hybridized carbons (Fsp3) is 0.619. The first kappa shape index (κ1) is 17.5. The molecular formula is C21H26O5. The highest BCUT2D eigenvalue weighted by Crippen LogP contribution is 2.58. The largest absolute Gasteiger partial charge is 0.465 e. The fourth-order valence-electron chi connectivity index (χ4n) is 4.72. The molecule has 6 atom stereocenters. The predicted molar refractivity (Wildman–Crippen MR) is 94.0 cm³/mol. The van der Waals surface area contributed by atoms with Crippen LogP contribution in [-0.4, -0.2) is 30.8 Å². The van der Waals surface area contributed by atoms with Crippen molar-refractivity contribution in [1.82, 2.24) is 0 Å². The molecule has 140 valence electrons. The van der Waals surface area contributed by atoms with Crippen LogP contribution in [0.1, 0.15) is 38.2 Å². The number of carbonyl (C=O) groups is 2. The maximum absolute atomic E-state index is 12.9. The van der Waals surface area contributed by atoms with Crippen LogP contribution in [0, 0.1) is 23.7 Å². The Labute approximate surface area is 154 Å². The lowest BCUT2D eigenvalue weighted by molar-refractivity contribution is -0.172. The molecule has 3 saturated carbocycles. The van der Waals surface area contributed by atoms with Gasteiger partial charge in [0, 0.05) is 11.8 Å². The normalized spacial score (nSPS) is 34.0. The molecule has 1 aromatic rings. The molecule has 0 N–H and O–H groups in total. The first-order chi connectivity index (χ1) is 12.7. The molecule has 5 rings (SSSR count). The van der Waals surface area contributed by atoms with E-state index in [9.17, 15) is 9.59 Å². The number of benzene rings is 1. The van der Waals surface area contributed by atoms with E-state index in [2.05, 4.69) is 6.92 Å². The summed E-state index contributed by atoms with van der Waals surface area (Å²) in [4.78, 5) is 25.6. The van der Waals surface area contributed by atoms with Crippen LogP contribution in [0.25, 0.3) is 0 Å². The minimum absolute atomic E-state index is 0.0806. The number of ether oxygens (including phenoxy) is 3. The van der Waals surface area contributed by atoms with E-state index >= 15 is 0 Å². The number of esters is 2. The summed E-state index contributed by atoms with van der Waals surface area (Å²) in [6.45, 7) is 2.72. The van der Waals surface area contributed by atoms with E-state index in [0.29, 0.717) is 6.61 Å². The Bertz CT molecular complexity index is 658. The highest BCUT2D eigenvalue weighted by Gasteiger charge is 2.67. The molecule has 3 aliphatic carbocycles. The van der Waals surface area contributed by atoms with Gasteiger partial charge in [-0.3, -0.25) is 9.59 Å². The van der Waals surface area contributed by atoms with E-state index in [0.717, 1.165) is 31.2 Å². The summed E-state index contributed by atoms with van der Waals surface area (Å²) in [6.07, 6.45) is 3.94. The first-order valence-corrected chi connectivity index (χ1v) is 9.73. The van der Waals surface area contributed by atoms with Crippen molar-refractivity contribution in [2.45, 2.75) is 51.4 Å². The number of unbranched alkanes of at least 4 members (excludes halogenated alkanes) is 1. The summed E-state index contributed by atoms with van der Waals surface area (Å²) in [5.74, 6) is -1.21. The van der Waals surface area contributed by atoms with E-state index < -0.39 is 11.8 Å². The van der Waals surface area contributed by atoms with Gasteiger partial charge in [-0.2, -0.15) is 0 Å². The number of fused-ring (bicyclic) bond motifs is 2. The third-order valence-corrected chi connectivity index (χ3v) is 6.06. The third-order valence-electron chi connectivity index (χ3n) is 6.06. The molecule has 1 aromatic carbocycles. The molecule has 4 fully saturated rings. The van der Waals surface area contributed by atoms with Crippen LogP contribution < -0.4 is 0 Å². The van der Waals surface area contributed by atoms with E-state index in [-0.39, 0.29) is 42.6 Å². The van der Waals surface area contributed by atoms with Crippen molar-refractivity contribution >= 4 is 11.9 Å². The van der Waals surface area contributed by atoms with E-state index in [1.807, 2.05) is 30.3 Å². The third kappa shape index (κ3) is 3.25. The second kappa shape index (κ2) is 7.39. The zero-order chi connectivity index (χ0) is 18.1. The van der Waals surface area contributed by atoms with Crippen LogP contribution in [0.5, 0.6) is 0 Å². The Morgan fingerprint density at radius 1 is 1.00 bits per heavy atom. The Balaban J connectivity index is 1.46. The molecular weight excluding hydrogens is 332 g/mol. The number of carbonyl (C=O) groups excluding carboxylic acids is 2. The Kier molecular flexibility index (Phi) is 4.98. The average Bonchev–Trinajstić information content (AvgIpc) is 3.49. The standard InChI is InChI=1S/C21H26O5/c1-2-3-11-24-20(22)16-14-9-10-15(19-18(14)26-19)17(16)21(23)25-12-13-7-5-4-6-8-13/h4-8,14-19H,2-3,9-12H2,1H3. The maximum Gasteiger partial charge on any atom is 0.310 e. The quantitative estimate of drug-likeness (QED) is 0.426. The van der Waals surface area contributed by atoms with Gasteiger partial charge in [0.1, 0.15) is 6.61 Å². The van der Waals surface area contributed by atoms with Crippen molar-refractivity contribution in [2.24, 2.45) is 23.7 Å². The number of epoxide rings is 1. The molecule has 26 heavy (non-hydrogen) atoms. The highest BCUT2D eigenvalue weighted by atomic mass is 16.6. The van der Waals surface area contributed by atoms with Gasteiger partial charge in [0.15, 0.2) is 0 Å². The number of rotatable bonds is 7. The minimum Gasteiger partial charge on any atom is -0.465 e. The molecule has 6 unspecified atom stereocenters. The first-order valence-electron chi connectivity index (χ1n) is 9.73. The highest BCUT2D eigenvalue weighted by molar-refractivity contribution is 5.83. The van der Waals surface area contributed by atoms with Gasteiger partial charge in [0.2, 0.25) is 0 Å². The van der Waals surface area contributed by atoms with Crippen LogP contribution in [0.2, 0.25) is 0 Å². The van der Waals surface area contributed by atoms with Gasteiger partial charge < -0.3 is 14.2 Å². The van der Waals surface area contributed by atoms with Crippen molar-refractivity contribution in [3.05, 3.63) is 35.9 Å². The summed E-state index contributed by atoms with van der Waals surface area (Å²) in [7, 11) is 0. The van der Waals surface area contributed by atoms with Crippen LogP contribution in [0.4, 0.5) is 0 Å². The van der Waals surface area contributed by atoms with Crippen molar-refractivity contribution in [3.63, 3.8) is 0 Å². The summed E-state index contributed by atoms with van der Waals surface area (Å²) in [5, 5.41) is 0. The lowest BCUT2D eigenvalue weighted by atomic mass is 9.58. The lowest BCUT2D eigenvalue weighted by Crippen LogP contribution is -2.52. The van der Waals surface area contributed by atoms with E-state index in [4.69, 9.17) is 14.2 Å². The van der Waals surface area contributed by atoms with Crippen LogP contribution in [0.3, 0.4) is 0 Å². The van der Waals surface area contributed by atoms with Gasteiger partial charge in [-0.25, -0.2) is 0 Å². The van der Waals surface area contributed by atoms with Gasteiger partial charge in [0.25, 0.3) is 0 Å². The van der Waals surface area contributed by atoms with Crippen molar-refractivity contribution in [2.75, 3.05) is 6.61 Å². The van der Waals surface area contributed by atoms with Crippen molar-refractivity contribution < 1.29 is 23.8 Å². The molecule has 1 saturated heterocycles. The molecule has 4 aliphatic rings. The molecule has 5 nitrogen and oxygen atoms in total. The van der Waals surface area contributed by atoms with Gasteiger partial charge in [-0.1, -0.05) is 43.7 Å². The summed E-state index contributed by atoms with van der Waals surface area (Å²) in [6, 6.07) is 9.62. The van der Waals surface area contributed by atoms with Gasteiger partial charge in [0.05, 0.1) is 30.7 Å². The Hall–Kier alpha value is -1.88. The van der Waals surface area contributed by atoms with Crippen molar-refractivity contribution in [1.29, 1.82) is 0 Å². The van der Waals surface area contributed by atoms with Crippen LogP contribution in [-0.2, 0) is 30.4 Å². The summed E-state index contributed by atoms with van der Waals surface area (Å²) < 4.78 is 16.9. The SMILES string of the molecule is CCCCOC(=O)C1C2CCC(C3OC23)C1C(=O)OCc1ccccc1. The Morgan fingerprint density at radius 2 is 1.62 bits per heavy atom. The van der Waals surface area contributed by atoms with Gasteiger partial charge in [-0.15, -0.1) is 0 Å². The number of hydrogen-bond acceptors (Lipinski definition) is 5. The molecule has 1 aliphatic heterocycles. The molecule has 0 amide bonds. The molecule has 1 heterocycles. The maximum atomic E-state index is 12.9. The summed E-state index contributed by atoms with van der Waals surface area (Å²) >= 11 is 0. The topological polar surface area (TPSA) is 65.1 Å².